The van der Waals surface area contributed by atoms with E-state index >= 15 is 0 Å². The van der Waals surface area contributed by atoms with Gasteiger partial charge in [0, 0.05) is 12.6 Å². The van der Waals surface area contributed by atoms with Crippen molar-refractivity contribution < 1.29 is 0 Å². The minimum atomic E-state index is 0.792. The van der Waals surface area contributed by atoms with E-state index in [1.165, 1.54) is 25.9 Å². The van der Waals surface area contributed by atoms with Crippen LogP contribution in [0.2, 0.25) is 0 Å². The Bertz CT molecular complexity index is 164. The first-order valence-electron chi connectivity index (χ1n) is 4.68. The van der Waals surface area contributed by atoms with E-state index in [9.17, 15) is 0 Å². The van der Waals surface area contributed by atoms with Crippen LogP contribution < -0.4 is 0 Å². The molecule has 3 aliphatic heterocycles. The number of nitrogens with zero attached hydrogens (tertiary/aromatic N) is 1. The molecule has 3 heterocycles. The lowest BCUT2D eigenvalue weighted by Gasteiger charge is -2.48. The van der Waals surface area contributed by atoms with Crippen LogP contribution >= 0.6 is 0 Å². The number of rotatable bonds is 1. The average Bonchev–Trinajstić information content (AvgIpc) is 2.05. The highest BCUT2D eigenvalue weighted by Gasteiger charge is 2.36. The summed E-state index contributed by atoms with van der Waals surface area (Å²) in [5.41, 5.74) is 0. The molecule has 3 fully saturated rings. The Morgan fingerprint density at radius 2 is 2.36 bits per heavy atom. The normalized spacial score (nSPS) is 49.2. The van der Waals surface area contributed by atoms with Crippen LogP contribution in [-0.4, -0.2) is 24.0 Å². The molecule has 3 rings (SSSR count). The molecule has 0 spiro atoms. The van der Waals surface area contributed by atoms with Crippen LogP contribution in [0.15, 0.2) is 12.7 Å². The topological polar surface area (TPSA) is 3.24 Å². The lowest BCUT2D eigenvalue weighted by Crippen LogP contribution is -2.51. The molecule has 0 aromatic heterocycles. The van der Waals surface area contributed by atoms with Crippen LogP contribution in [0, 0.1) is 11.8 Å². The van der Waals surface area contributed by atoms with Gasteiger partial charge in [-0.1, -0.05) is 6.08 Å². The second-order valence-corrected chi connectivity index (χ2v) is 4.03. The molecule has 0 radical (unpaired) electrons. The largest absolute Gasteiger partial charge is 0.300 e. The molecule has 0 aliphatic carbocycles. The summed E-state index contributed by atoms with van der Waals surface area (Å²) in [7, 11) is 0. The van der Waals surface area contributed by atoms with Crippen LogP contribution in [0.4, 0.5) is 0 Å². The predicted molar refractivity (Wildman–Crippen MR) is 47.4 cm³/mol. The molecule has 0 N–H and O–H groups in total. The van der Waals surface area contributed by atoms with Crippen molar-refractivity contribution in [2.45, 2.75) is 25.8 Å². The number of piperidine rings is 3. The van der Waals surface area contributed by atoms with Crippen LogP contribution in [0.3, 0.4) is 0 Å². The number of hydrogen-bond donors (Lipinski definition) is 0. The van der Waals surface area contributed by atoms with Gasteiger partial charge < -0.3 is 4.90 Å². The predicted octanol–water partition coefficient (Wildman–Crippen LogP) is 1.90. The minimum Gasteiger partial charge on any atom is -0.300 e. The molecule has 2 bridgehead atoms. The first-order valence-corrected chi connectivity index (χ1v) is 4.68. The van der Waals surface area contributed by atoms with Gasteiger partial charge in [-0.05, 0) is 38.1 Å². The quantitative estimate of drug-likeness (QED) is 0.517. The van der Waals surface area contributed by atoms with Crippen molar-refractivity contribution in [1.82, 2.24) is 4.90 Å². The van der Waals surface area contributed by atoms with Crippen LogP contribution in [0.5, 0.6) is 0 Å². The molecule has 11 heavy (non-hydrogen) atoms. The molecule has 3 aliphatic rings. The molecular weight excluding hydrogens is 134 g/mol. The van der Waals surface area contributed by atoms with Crippen LogP contribution in [0.1, 0.15) is 19.8 Å². The SMILES string of the molecule is C=CC1CN2CCC1CC2C. The zero-order chi connectivity index (χ0) is 7.84. The first-order chi connectivity index (χ1) is 5.31. The average molecular weight is 151 g/mol. The van der Waals surface area contributed by atoms with E-state index in [2.05, 4.69) is 24.5 Å². The summed E-state index contributed by atoms with van der Waals surface area (Å²) in [5, 5.41) is 0. The summed E-state index contributed by atoms with van der Waals surface area (Å²) >= 11 is 0. The molecule has 62 valence electrons. The number of hydrogen-bond acceptors (Lipinski definition) is 1. The smallest absolute Gasteiger partial charge is 0.00700 e. The maximum absolute atomic E-state index is 3.90. The third-order valence-corrected chi connectivity index (χ3v) is 3.41. The summed E-state index contributed by atoms with van der Waals surface area (Å²) < 4.78 is 0. The minimum absolute atomic E-state index is 0.792. The second-order valence-electron chi connectivity index (χ2n) is 4.03. The molecule has 0 amide bonds. The Balaban J connectivity index is 2.09. The maximum Gasteiger partial charge on any atom is 0.00700 e. The van der Waals surface area contributed by atoms with E-state index in [4.69, 9.17) is 0 Å². The van der Waals surface area contributed by atoms with Gasteiger partial charge >= 0.3 is 0 Å². The van der Waals surface area contributed by atoms with E-state index < -0.39 is 0 Å². The monoisotopic (exact) mass is 151 g/mol. The lowest BCUT2D eigenvalue weighted by atomic mass is 9.76. The summed E-state index contributed by atoms with van der Waals surface area (Å²) in [5.74, 6) is 1.74. The zero-order valence-corrected chi connectivity index (χ0v) is 7.29. The van der Waals surface area contributed by atoms with Crippen LogP contribution in [-0.2, 0) is 0 Å². The molecule has 0 aromatic carbocycles. The van der Waals surface area contributed by atoms with E-state index in [1.54, 1.807) is 0 Å². The molecule has 4 unspecified atom stereocenters. The summed E-state index contributed by atoms with van der Waals surface area (Å²) in [6.07, 6.45) is 4.96. The Labute approximate surface area is 69.1 Å². The van der Waals surface area contributed by atoms with Gasteiger partial charge in [-0.15, -0.1) is 6.58 Å². The Morgan fingerprint density at radius 3 is 2.82 bits per heavy atom. The molecule has 1 heteroatoms. The highest BCUT2D eigenvalue weighted by atomic mass is 15.2. The van der Waals surface area contributed by atoms with E-state index in [0.717, 1.165) is 17.9 Å². The maximum atomic E-state index is 3.90. The van der Waals surface area contributed by atoms with Crippen molar-refractivity contribution in [3.05, 3.63) is 12.7 Å². The van der Waals surface area contributed by atoms with E-state index in [1.807, 2.05) is 0 Å². The lowest BCUT2D eigenvalue weighted by molar-refractivity contribution is 0.0278. The molecule has 1 nitrogen and oxygen atoms in total. The molecule has 0 saturated carbocycles. The fourth-order valence-corrected chi connectivity index (χ4v) is 2.60. The zero-order valence-electron chi connectivity index (χ0n) is 7.29. The van der Waals surface area contributed by atoms with Gasteiger partial charge in [0.15, 0.2) is 0 Å². The van der Waals surface area contributed by atoms with Gasteiger partial charge in [0.05, 0.1) is 0 Å². The third-order valence-electron chi connectivity index (χ3n) is 3.41. The van der Waals surface area contributed by atoms with Crippen molar-refractivity contribution in [2.24, 2.45) is 11.8 Å². The molecule has 0 aromatic rings. The highest BCUT2D eigenvalue weighted by Crippen LogP contribution is 2.36. The van der Waals surface area contributed by atoms with Gasteiger partial charge in [-0.2, -0.15) is 0 Å². The van der Waals surface area contributed by atoms with Gasteiger partial charge in [0.25, 0.3) is 0 Å². The van der Waals surface area contributed by atoms with Crippen molar-refractivity contribution >= 4 is 0 Å². The fourth-order valence-electron chi connectivity index (χ4n) is 2.60. The van der Waals surface area contributed by atoms with Crippen molar-refractivity contribution in [3.8, 4) is 0 Å². The van der Waals surface area contributed by atoms with Crippen molar-refractivity contribution in [1.29, 1.82) is 0 Å². The molecule has 4 atom stereocenters. The van der Waals surface area contributed by atoms with E-state index in [-0.39, 0.29) is 0 Å². The molecule has 3 saturated heterocycles. The Morgan fingerprint density at radius 1 is 1.55 bits per heavy atom. The summed E-state index contributed by atoms with van der Waals surface area (Å²) in [4.78, 5) is 2.60. The number of fused-ring (bicyclic) bond motifs is 3. The second kappa shape index (κ2) is 2.63. The fraction of sp³-hybridized carbons (Fsp3) is 0.800. The van der Waals surface area contributed by atoms with Crippen molar-refractivity contribution in [3.63, 3.8) is 0 Å². The van der Waals surface area contributed by atoms with Crippen molar-refractivity contribution in [2.75, 3.05) is 13.1 Å². The first kappa shape index (κ1) is 7.35. The summed E-state index contributed by atoms with van der Waals surface area (Å²) in [6.45, 7) is 8.86. The van der Waals surface area contributed by atoms with Gasteiger partial charge in [0.2, 0.25) is 0 Å². The Hall–Kier alpha value is -0.300. The van der Waals surface area contributed by atoms with Gasteiger partial charge in [0.1, 0.15) is 0 Å². The third kappa shape index (κ3) is 1.12. The van der Waals surface area contributed by atoms with E-state index in [0.29, 0.717) is 0 Å². The summed E-state index contributed by atoms with van der Waals surface area (Å²) in [6, 6.07) is 0.838. The highest BCUT2D eigenvalue weighted by molar-refractivity contribution is 4.97. The molecular formula is C10H17N. The van der Waals surface area contributed by atoms with Gasteiger partial charge in [-0.25, -0.2) is 0 Å². The standard InChI is InChI=1S/C10H17N/c1-3-9-7-11-5-4-10(9)6-8(11)2/h3,8-10H,1,4-7H2,2H3. The van der Waals surface area contributed by atoms with Crippen LogP contribution in [0.25, 0.3) is 0 Å². The van der Waals surface area contributed by atoms with Gasteiger partial charge in [-0.3, -0.25) is 0 Å². The Kier molecular flexibility index (Phi) is 1.76.